The zero-order valence-electron chi connectivity index (χ0n) is 27.4. The molecule has 0 bridgehead atoms. The Balaban J connectivity index is 2.33. The highest BCUT2D eigenvalue weighted by Gasteiger charge is 2.41. The number of amides is 3. The molecular formula is C33H47BrN4O5S. The largest absolute Gasteiger partial charge is 0.342 e. The van der Waals surface area contributed by atoms with Crippen LogP contribution >= 0.6 is 15.9 Å². The van der Waals surface area contributed by atoms with Crippen molar-refractivity contribution in [3.8, 4) is 0 Å². The van der Waals surface area contributed by atoms with Gasteiger partial charge in [0.1, 0.15) is 6.04 Å². The van der Waals surface area contributed by atoms with Crippen LogP contribution < -0.4 is 15.4 Å². The molecule has 0 aliphatic heterocycles. The minimum absolute atomic E-state index is 0.0476. The van der Waals surface area contributed by atoms with Crippen LogP contribution in [0.15, 0.2) is 75.6 Å². The Hall–Kier alpha value is -3.02. The molecule has 0 aliphatic carbocycles. The van der Waals surface area contributed by atoms with Crippen LogP contribution in [0, 0.1) is 11.3 Å². The fraction of sp³-hybridized carbons (Fsp3) is 0.485. The molecule has 2 aromatic rings. The quantitative estimate of drug-likeness (QED) is 0.276. The number of nitrogens with one attached hydrogen (secondary N) is 3. The number of rotatable bonds is 12. The molecule has 0 radical (unpaired) electrons. The van der Waals surface area contributed by atoms with Gasteiger partial charge in [0.25, 0.3) is 15.9 Å². The Kier molecular flexibility index (Phi) is 12.5. The Morgan fingerprint density at radius 2 is 1.45 bits per heavy atom. The van der Waals surface area contributed by atoms with Crippen molar-refractivity contribution in [1.82, 2.24) is 20.3 Å². The van der Waals surface area contributed by atoms with Gasteiger partial charge in [0.15, 0.2) is 0 Å². The molecule has 0 saturated carbocycles. The van der Waals surface area contributed by atoms with E-state index >= 15 is 0 Å². The minimum atomic E-state index is -4.10. The number of carbonyl (C=O) groups excluding carboxylic acids is 3. The van der Waals surface area contributed by atoms with Gasteiger partial charge in [-0.25, -0.2) is 13.1 Å². The molecule has 3 N–H and O–H groups in total. The van der Waals surface area contributed by atoms with Crippen LogP contribution in [0.25, 0.3) is 0 Å². The van der Waals surface area contributed by atoms with E-state index in [2.05, 4.69) is 31.3 Å². The molecule has 11 heteroatoms. The number of halogens is 1. The lowest BCUT2D eigenvalue weighted by atomic mass is 9.76. The van der Waals surface area contributed by atoms with Crippen molar-refractivity contribution in [1.29, 1.82) is 0 Å². The summed E-state index contributed by atoms with van der Waals surface area (Å²) >= 11 is 3.27. The van der Waals surface area contributed by atoms with E-state index in [1.165, 1.54) is 24.0 Å². The fourth-order valence-electron chi connectivity index (χ4n) is 5.04. The molecule has 9 nitrogen and oxygen atoms in total. The van der Waals surface area contributed by atoms with Crippen LogP contribution in [-0.4, -0.2) is 63.3 Å². The lowest BCUT2D eigenvalue weighted by molar-refractivity contribution is -0.140. The van der Waals surface area contributed by atoms with Crippen molar-refractivity contribution in [2.75, 3.05) is 14.1 Å². The second kappa shape index (κ2) is 14.8. The summed E-state index contributed by atoms with van der Waals surface area (Å²) in [6.07, 6.45) is 1.59. The van der Waals surface area contributed by atoms with Gasteiger partial charge < -0.3 is 15.5 Å². The van der Waals surface area contributed by atoms with Gasteiger partial charge >= 0.3 is 0 Å². The first-order valence-corrected chi connectivity index (χ1v) is 16.8. The molecule has 242 valence electrons. The van der Waals surface area contributed by atoms with Gasteiger partial charge in [0.2, 0.25) is 11.8 Å². The minimum Gasteiger partial charge on any atom is -0.342 e. The maximum atomic E-state index is 14.1. The summed E-state index contributed by atoms with van der Waals surface area (Å²) in [6.45, 7) is 14.9. The predicted molar refractivity (Wildman–Crippen MR) is 178 cm³/mol. The van der Waals surface area contributed by atoms with E-state index in [0.717, 1.165) is 5.56 Å². The summed E-state index contributed by atoms with van der Waals surface area (Å²) in [4.78, 5) is 42.2. The molecule has 44 heavy (non-hydrogen) atoms. The van der Waals surface area contributed by atoms with E-state index in [1.54, 1.807) is 32.3 Å². The summed E-state index contributed by atoms with van der Waals surface area (Å²) in [7, 11) is -0.750. The highest BCUT2D eigenvalue weighted by molar-refractivity contribution is 9.10. The van der Waals surface area contributed by atoms with E-state index in [-0.39, 0.29) is 28.2 Å². The number of sulfonamides is 1. The van der Waals surface area contributed by atoms with E-state index in [4.69, 9.17) is 0 Å². The van der Waals surface area contributed by atoms with Gasteiger partial charge in [0, 0.05) is 22.5 Å². The Bertz CT molecular complexity index is 1450. The number of benzene rings is 2. The summed E-state index contributed by atoms with van der Waals surface area (Å²) in [5.74, 6) is -1.56. The molecule has 3 amide bonds. The highest BCUT2D eigenvalue weighted by Crippen LogP contribution is 2.29. The Morgan fingerprint density at radius 1 is 0.909 bits per heavy atom. The molecule has 0 fully saturated rings. The van der Waals surface area contributed by atoms with Crippen molar-refractivity contribution in [3.63, 3.8) is 0 Å². The zero-order chi connectivity index (χ0) is 33.6. The average Bonchev–Trinajstić information content (AvgIpc) is 2.93. The highest BCUT2D eigenvalue weighted by atomic mass is 79.9. The second-order valence-corrected chi connectivity index (χ2v) is 15.6. The van der Waals surface area contributed by atoms with Crippen LogP contribution in [-0.2, 0) is 29.8 Å². The number of hydrogen-bond donors (Lipinski definition) is 3. The van der Waals surface area contributed by atoms with E-state index < -0.39 is 44.9 Å². The first-order chi connectivity index (χ1) is 20.2. The van der Waals surface area contributed by atoms with Crippen molar-refractivity contribution >= 4 is 43.7 Å². The van der Waals surface area contributed by atoms with Gasteiger partial charge in [-0.1, -0.05) is 101 Å². The van der Waals surface area contributed by atoms with Crippen LogP contribution in [0.2, 0.25) is 0 Å². The van der Waals surface area contributed by atoms with Crippen molar-refractivity contribution in [2.45, 2.75) is 83.8 Å². The van der Waals surface area contributed by atoms with E-state index in [1.807, 2.05) is 78.8 Å². The van der Waals surface area contributed by atoms with Crippen molar-refractivity contribution < 1.29 is 22.8 Å². The van der Waals surface area contributed by atoms with Crippen LogP contribution in [0.4, 0.5) is 0 Å². The third kappa shape index (κ3) is 9.25. The molecule has 0 aliphatic rings. The topological polar surface area (TPSA) is 125 Å². The smallest absolute Gasteiger partial charge is 0.264 e. The van der Waals surface area contributed by atoms with Crippen LogP contribution in [0.5, 0.6) is 0 Å². The molecule has 2 aromatic carbocycles. The molecule has 0 spiro atoms. The van der Waals surface area contributed by atoms with E-state index in [9.17, 15) is 22.8 Å². The number of nitrogens with zero attached hydrogens (tertiary/aromatic N) is 1. The molecule has 2 rings (SSSR count). The number of likely N-dealkylation sites (N-methyl/N-ethyl adjacent to an activating group) is 2. The molecule has 0 aromatic heterocycles. The van der Waals surface area contributed by atoms with Crippen molar-refractivity contribution in [2.24, 2.45) is 11.3 Å². The van der Waals surface area contributed by atoms with Gasteiger partial charge in [-0.3, -0.25) is 14.4 Å². The van der Waals surface area contributed by atoms with E-state index in [0.29, 0.717) is 4.47 Å². The third-order valence-electron chi connectivity index (χ3n) is 7.80. The maximum absolute atomic E-state index is 14.1. The SMILES string of the molecule is CNC(C(=O)NC(C(=O)N(C)C(C=C(C)C(=O)NS(=O)(=O)c1ccc(Br)cc1)C(C)C)C(C)(C)C)C(C)(C)c1ccccc1. The summed E-state index contributed by atoms with van der Waals surface area (Å²) in [5.41, 5.74) is -0.111. The van der Waals surface area contributed by atoms with Crippen molar-refractivity contribution in [3.05, 3.63) is 76.3 Å². The van der Waals surface area contributed by atoms with Gasteiger partial charge in [0.05, 0.1) is 17.0 Å². The number of hydrogen-bond acceptors (Lipinski definition) is 6. The Labute approximate surface area is 271 Å². The lowest BCUT2D eigenvalue weighted by Crippen LogP contribution is -2.61. The van der Waals surface area contributed by atoms with Gasteiger partial charge in [-0.2, -0.15) is 0 Å². The molecular weight excluding hydrogens is 644 g/mol. The Morgan fingerprint density at radius 3 is 1.93 bits per heavy atom. The monoisotopic (exact) mass is 690 g/mol. The summed E-state index contributed by atoms with van der Waals surface area (Å²) < 4.78 is 28.4. The molecule has 3 unspecified atom stereocenters. The normalized spacial score (nSPS) is 14.9. The van der Waals surface area contributed by atoms with Gasteiger partial charge in [-0.15, -0.1) is 0 Å². The maximum Gasteiger partial charge on any atom is 0.264 e. The lowest BCUT2D eigenvalue weighted by Gasteiger charge is -2.40. The zero-order valence-corrected chi connectivity index (χ0v) is 29.8. The third-order valence-corrected chi connectivity index (χ3v) is 9.67. The number of carbonyl (C=O) groups is 3. The van der Waals surface area contributed by atoms with Gasteiger partial charge in [-0.05, 0) is 55.1 Å². The fourth-order valence-corrected chi connectivity index (χ4v) is 6.32. The molecule has 0 saturated heterocycles. The summed E-state index contributed by atoms with van der Waals surface area (Å²) in [6, 6.07) is 13.6. The standard InChI is InChI=1S/C33H47BrN4O5S/c1-21(2)26(20-22(3)29(39)37-44(42,43)25-18-16-24(34)17-19-25)38(10)31(41)28(32(4,5)6)36-30(40)27(35-9)33(7,8)23-14-12-11-13-15-23/h11-21,26-28,35H,1-10H3,(H,36,40)(H,37,39). The average molecular weight is 692 g/mol. The second-order valence-electron chi connectivity index (χ2n) is 13.0. The first-order valence-electron chi connectivity index (χ1n) is 14.5. The molecule has 3 atom stereocenters. The van der Waals surface area contributed by atoms with Crippen LogP contribution in [0.3, 0.4) is 0 Å². The molecule has 0 heterocycles. The summed E-state index contributed by atoms with van der Waals surface area (Å²) in [5, 5.41) is 6.15. The first kappa shape index (κ1) is 37.2. The predicted octanol–water partition coefficient (Wildman–Crippen LogP) is 4.78. The van der Waals surface area contributed by atoms with Crippen LogP contribution in [0.1, 0.15) is 61.0 Å².